The summed E-state index contributed by atoms with van der Waals surface area (Å²) in [5.41, 5.74) is 9.10. The maximum absolute atomic E-state index is 9.72. The molecule has 9 aromatic carbocycles. The fourth-order valence-electron chi connectivity index (χ4n) is 9.12. The minimum Gasteiger partial charge on any atom is -0.310 e. The molecule has 0 aliphatic heterocycles. The molecule has 0 radical (unpaired) electrons. The van der Waals surface area contributed by atoms with Crippen LogP contribution in [0.25, 0.3) is 49.4 Å². The Balaban J connectivity index is 1.30. The van der Waals surface area contributed by atoms with Crippen LogP contribution < -0.4 is 4.90 Å². The molecule has 0 saturated heterocycles. The summed E-state index contributed by atoms with van der Waals surface area (Å²) in [6.07, 6.45) is 0. The Bertz CT molecular complexity index is 3310. The summed E-state index contributed by atoms with van der Waals surface area (Å²) in [7, 11) is 0. The summed E-state index contributed by atoms with van der Waals surface area (Å²) < 4.78 is 48.5. The fraction of sp³-hybridized carbons (Fsp3) is 0.0189. The van der Waals surface area contributed by atoms with Gasteiger partial charge in [-0.15, -0.1) is 0 Å². The number of rotatable bonds is 6. The molecule has 1 aliphatic rings. The third-order valence-corrected chi connectivity index (χ3v) is 11.3. The van der Waals surface area contributed by atoms with E-state index in [1.54, 1.807) is 0 Å². The summed E-state index contributed by atoms with van der Waals surface area (Å²) in [4.78, 5) is 2.28. The minimum absolute atomic E-state index is 0.221. The van der Waals surface area contributed by atoms with Crippen molar-refractivity contribution in [2.75, 3.05) is 4.90 Å². The first kappa shape index (κ1) is 26.6. The number of anilines is 3. The van der Waals surface area contributed by atoms with Crippen molar-refractivity contribution in [3.63, 3.8) is 0 Å². The van der Waals surface area contributed by atoms with Gasteiger partial charge in [0.2, 0.25) is 0 Å². The van der Waals surface area contributed by atoms with E-state index in [1.807, 2.05) is 66.7 Å². The second-order valence-electron chi connectivity index (χ2n) is 14.1. The van der Waals surface area contributed by atoms with E-state index in [4.69, 9.17) is 4.11 Å². The van der Waals surface area contributed by atoms with E-state index in [0.29, 0.717) is 0 Å². The molecule has 258 valence electrons. The molecule has 55 heavy (non-hydrogen) atoms. The van der Waals surface area contributed by atoms with Crippen molar-refractivity contribution in [2.45, 2.75) is 5.41 Å². The first-order valence-electron chi connectivity index (χ1n) is 21.1. The lowest BCUT2D eigenvalue weighted by molar-refractivity contribution is 0.772. The minimum atomic E-state index is -1.34. The maximum atomic E-state index is 9.72. The standard InChI is InChI=1S/C53H36N2/c1-4-20-38(21-5-1)53(49-31-17-29-45-44-28-13-15-32-51(44)55(52(45)49)40-24-8-3-9-25-40)47-30-14-12-27-43(47)46-36-41(34-35-48(46)53)54(39-22-6-2-7-23-39)50-33-16-19-37-18-10-11-26-42(37)50/h1-36H/i1D,4D,5D,20D,21D. The van der Waals surface area contributed by atoms with E-state index < -0.39 is 11.5 Å². The molecular formula is C53H36N2. The predicted molar refractivity (Wildman–Crippen MR) is 230 cm³/mol. The van der Waals surface area contributed by atoms with Crippen LogP contribution in [0, 0.1) is 0 Å². The molecule has 0 spiro atoms. The van der Waals surface area contributed by atoms with E-state index >= 15 is 0 Å². The van der Waals surface area contributed by atoms with Crippen LogP contribution in [0.15, 0.2) is 218 Å². The lowest BCUT2D eigenvalue weighted by atomic mass is 9.67. The van der Waals surface area contributed by atoms with Crippen molar-refractivity contribution in [2.24, 2.45) is 0 Å². The van der Waals surface area contributed by atoms with Crippen molar-refractivity contribution in [1.82, 2.24) is 4.57 Å². The van der Waals surface area contributed by atoms with Gasteiger partial charge in [0, 0.05) is 33.2 Å². The van der Waals surface area contributed by atoms with Gasteiger partial charge in [-0.2, -0.15) is 0 Å². The number of fused-ring (bicyclic) bond motifs is 7. The van der Waals surface area contributed by atoms with Gasteiger partial charge < -0.3 is 9.47 Å². The second kappa shape index (κ2) is 12.5. The molecule has 1 aliphatic carbocycles. The van der Waals surface area contributed by atoms with E-state index in [0.717, 1.165) is 83.1 Å². The Hall–Kier alpha value is -7.16. The number of benzene rings is 9. The number of hydrogen-bond acceptors (Lipinski definition) is 1. The largest absolute Gasteiger partial charge is 0.310 e. The van der Waals surface area contributed by atoms with Crippen LogP contribution in [-0.4, -0.2) is 4.57 Å². The summed E-state index contributed by atoms with van der Waals surface area (Å²) in [6.45, 7) is 0. The molecule has 0 N–H and O–H groups in total. The molecule has 2 heteroatoms. The van der Waals surface area contributed by atoms with Gasteiger partial charge in [0.15, 0.2) is 0 Å². The molecule has 0 fully saturated rings. The molecule has 0 bridgehead atoms. The van der Waals surface area contributed by atoms with Gasteiger partial charge in [-0.05, 0) is 87.3 Å². The van der Waals surface area contributed by atoms with Crippen molar-refractivity contribution in [3.8, 4) is 16.8 Å². The first-order chi connectivity index (χ1) is 29.4. The van der Waals surface area contributed by atoms with Crippen molar-refractivity contribution in [3.05, 3.63) is 241 Å². The van der Waals surface area contributed by atoms with Crippen molar-refractivity contribution < 1.29 is 6.85 Å². The van der Waals surface area contributed by atoms with Crippen molar-refractivity contribution >= 4 is 49.6 Å². The molecule has 0 amide bonds. The third kappa shape index (κ3) is 4.62. The molecule has 0 saturated carbocycles. The first-order valence-corrected chi connectivity index (χ1v) is 18.6. The zero-order valence-electron chi connectivity index (χ0n) is 34.8. The SMILES string of the molecule is [2H]c1c([2H])c([2H])c(C2(c3cccc4c5ccccc5n(-c5ccccc5)c34)c3ccccc3-c3cc(N(c4ccccc4)c4cccc5ccccc45)ccc32)c([2H])c1[2H]. The van der Waals surface area contributed by atoms with Crippen LogP contribution in [0.5, 0.6) is 0 Å². The third-order valence-electron chi connectivity index (χ3n) is 11.3. The zero-order chi connectivity index (χ0) is 40.7. The zero-order valence-corrected chi connectivity index (χ0v) is 29.8. The molecule has 1 heterocycles. The molecule has 1 atom stereocenters. The molecule has 2 nitrogen and oxygen atoms in total. The lowest BCUT2D eigenvalue weighted by Crippen LogP contribution is -2.29. The lowest BCUT2D eigenvalue weighted by Gasteiger charge is -2.35. The van der Waals surface area contributed by atoms with Gasteiger partial charge in [0.05, 0.1) is 29.0 Å². The summed E-state index contributed by atoms with van der Waals surface area (Å²) in [5, 5.41) is 4.31. The molecule has 1 unspecified atom stereocenters. The topological polar surface area (TPSA) is 8.17 Å². The highest BCUT2D eigenvalue weighted by molar-refractivity contribution is 6.11. The second-order valence-corrected chi connectivity index (χ2v) is 14.1. The summed E-state index contributed by atoms with van der Waals surface area (Å²) in [6, 6.07) is 63.0. The Morgan fingerprint density at radius 3 is 1.95 bits per heavy atom. The predicted octanol–water partition coefficient (Wildman–Crippen LogP) is 13.8. The van der Waals surface area contributed by atoms with Gasteiger partial charge in [0.1, 0.15) is 0 Å². The molecule has 11 rings (SSSR count). The van der Waals surface area contributed by atoms with E-state index in [9.17, 15) is 2.74 Å². The number of hydrogen-bond donors (Lipinski definition) is 0. The fourth-order valence-corrected chi connectivity index (χ4v) is 9.12. The van der Waals surface area contributed by atoms with Gasteiger partial charge in [-0.3, -0.25) is 0 Å². The van der Waals surface area contributed by atoms with Crippen LogP contribution >= 0.6 is 0 Å². The summed E-state index contributed by atoms with van der Waals surface area (Å²) >= 11 is 0. The molecule has 1 aromatic heterocycles. The van der Waals surface area contributed by atoms with Crippen molar-refractivity contribution in [1.29, 1.82) is 0 Å². The van der Waals surface area contributed by atoms with Gasteiger partial charge in [-0.1, -0.05) is 170 Å². The average Bonchev–Trinajstić information content (AvgIpc) is 3.79. The van der Waals surface area contributed by atoms with Gasteiger partial charge in [-0.25, -0.2) is 0 Å². The van der Waals surface area contributed by atoms with Crippen LogP contribution in [0.1, 0.15) is 29.1 Å². The van der Waals surface area contributed by atoms with Gasteiger partial charge >= 0.3 is 0 Å². The normalized spacial score (nSPS) is 15.9. The smallest absolute Gasteiger partial charge is 0.0734 e. The van der Waals surface area contributed by atoms with Crippen LogP contribution in [0.3, 0.4) is 0 Å². The highest BCUT2D eigenvalue weighted by Crippen LogP contribution is 2.59. The quantitative estimate of drug-likeness (QED) is 0.167. The van der Waals surface area contributed by atoms with Crippen LogP contribution in [-0.2, 0) is 5.41 Å². The Morgan fingerprint density at radius 1 is 0.455 bits per heavy atom. The number of para-hydroxylation sites is 4. The Kier molecular flexibility index (Phi) is 6.03. The van der Waals surface area contributed by atoms with E-state index in [-0.39, 0.29) is 29.7 Å². The molecular weight excluding hydrogens is 665 g/mol. The van der Waals surface area contributed by atoms with E-state index in [1.165, 1.54) is 0 Å². The Morgan fingerprint density at radius 2 is 1.09 bits per heavy atom. The van der Waals surface area contributed by atoms with Gasteiger partial charge in [0.25, 0.3) is 0 Å². The highest BCUT2D eigenvalue weighted by atomic mass is 15.1. The monoisotopic (exact) mass is 705 g/mol. The van der Waals surface area contributed by atoms with Crippen LogP contribution in [0.2, 0.25) is 0 Å². The number of nitrogens with zero attached hydrogens (tertiary/aromatic N) is 2. The Labute approximate surface area is 327 Å². The average molecular weight is 706 g/mol. The summed E-state index contributed by atoms with van der Waals surface area (Å²) in [5.74, 6) is 0. The molecule has 10 aromatic rings. The number of aromatic nitrogens is 1. The van der Waals surface area contributed by atoms with Crippen LogP contribution in [0.4, 0.5) is 17.1 Å². The highest BCUT2D eigenvalue weighted by Gasteiger charge is 2.47. The van der Waals surface area contributed by atoms with E-state index in [2.05, 4.69) is 131 Å². The maximum Gasteiger partial charge on any atom is 0.0734 e.